The largest absolute Gasteiger partial charge is 0.443 e. The van der Waals surface area contributed by atoms with Crippen LogP contribution < -0.4 is 10.6 Å². The first kappa shape index (κ1) is 27.3. The summed E-state index contributed by atoms with van der Waals surface area (Å²) in [5, 5.41) is 1.79. The number of nitrogens with zero attached hydrogens (tertiary/aromatic N) is 3. The molecule has 0 radical (unpaired) electrons. The Kier molecular flexibility index (Phi) is 7.90. The molecule has 0 bridgehead atoms. The monoisotopic (exact) mass is 528 g/mol. The van der Waals surface area contributed by atoms with Crippen molar-refractivity contribution in [3.8, 4) is 0 Å². The van der Waals surface area contributed by atoms with Crippen molar-refractivity contribution in [1.29, 1.82) is 0 Å². The lowest BCUT2D eigenvalue weighted by Gasteiger charge is -2.27. The maximum Gasteiger partial charge on any atom is 0.425 e. The molecule has 0 atom stereocenters. The van der Waals surface area contributed by atoms with E-state index in [1.165, 1.54) is 28.6 Å². The predicted octanol–water partition coefficient (Wildman–Crippen LogP) is 7.47. The first-order valence-corrected chi connectivity index (χ1v) is 12.9. The second-order valence-electron chi connectivity index (χ2n) is 10.4. The molecule has 10 heteroatoms. The van der Waals surface area contributed by atoms with Crippen molar-refractivity contribution in [2.24, 2.45) is 0 Å². The minimum absolute atomic E-state index is 0.229. The molecule has 0 aliphatic rings. The van der Waals surface area contributed by atoms with E-state index >= 15 is 0 Å². The summed E-state index contributed by atoms with van der Waals surface area (Å²) >= 11 is 2.66. The van der Waals surface area contributed by atoms with Gasteiger partial charge in [-0.15, -0.1) is 0 Å². The second kappa shape index (κ2) is 10.4. The third-order valence-electron chi connectivity index (χ3n) is 4.62. The SMILES string of the molecule is Cc1ccc2snc(N(C(=O)OC(C)(C)C)C(=O)OC(C)(C)C)c2c1.Cc1ccc2snc(N)c2c1. The molecular formula is C26H32N4O4S2. The molecule has 0 unspecified atom stereocenters. The molecule has 4 rings (SSSR count). The van der Waals surface area contributed by atoms with E-state index in [-0.39, 0.29) is 5.82 Å². The lowest BCUT2D eigenvalue weighted by atomic mass is 10.2. The zero-order valence-electron chi connectivity index (χ0n) is 21.8. The van der Waals surface area contributed by atoms with Crippen LogP contribution in [0.1, 0.15) is 52.7 Å². The van der Waals surface area contributed by atoms with Crippen LogP contribution in [-0.4, -0.2) is 32.1 Å². The Bertz CT molecular complexity index is 1370. The molecule has 2 heterocycles. The maximum atomic E-state index is 12.7. The molecular weight excluding hydrogens is 496 g/mol. The molecule has 2 aromatic carbocycles. The molecule has 0 aliphatic heterocycles. The van der Waals surface area contributed by atoms with E-state index in [0.717, 1.165) is 25.2 Å². The molecule has 8 nitrogen and oxygen atoms in total. The molecule has 0 aliphatic carbocycles. The number of imide groups is 1. The minimum Gasteiger partial charge on any atom is -0.443 e. The minimum atomic E-state index is -0.810. The molecule has 4 aromatic rings. The summed E-state index contributed by atoms with van der Waals surface area (Å²) in [5.74, 6) is 0.876. The number of nitrogen functional groups attached to an aromatic ring is 1. The number of benzene rings is 2. The van der Waals surface area contributed by atoms with E-state index in [1.54, 1.807) is 41.5 Å². The van der Waals surface area contributed by atoms with Crippen molar-refractivity contribution in [3.63, 3.8) is 0 Å². The lowest BCUT2D eigenvalue weighted by molar-refractivity contribution is 0.0430. The number of aryl methyl sites for hydroxylation is 2. The Hall–Kier alpha value is -3.24. The third kappa shape index (κ3) is 6.92. The Labute approximate surface area is 219 Å². The number of hydrogen-bond acceptors (Lipinski definition) is 9. The Balaban J connectivity index is 0.000000270. The van der Waals surface area contributed by atoms with Crippen LogP contribution in [0.4, 0.5) is 21.2 Å². The van der Waals surface area contributed by atoms with Crippen molar-refractivity contribution >= 4 is 67.1 Å². The van der Waals surface area contributed by atoms with Gasteiger partial charge in [-0.1, -0.05) is 23.3 Å². The Morgan fingerprint density at radius 3 is 1.72 bits per heavy atom. The van der Waals surface area contributed by atoms with Crippen LogP contribution >= 0.6 is 23.1 Å². The van der Waals surface area contributed by atoms with Gasteiger partial charge in [-0.25, -0.2) is 9.59 Å². The Morgan fingerprint density at radius 2 is 1.22 bits per heavy atom. The number of ether oxygens (including phenoxy) is 2. The standard InChI is InChI=1S/C18H24N2O4S.C8H8N2S/c1-11-8-9-13-12(10-11)14(19-25-13)20(15(21)23-17(2,3)4)16(22)24-18(5,6)7;1-5-2-3-7-6(4-5)8(9)10-11-7/h8-10H,1-7H3;2-4H,1H3,(H2,9,10). The van der Waals surface area contributed by atoms with E-state index < -0.39 is 23.4 Å². The highest BCUT2D eigenvalue weighted by atomic mass is 32.1. The van der Waals surface area contributed by atoms with Gasteiger partial charge in [0.05, 0.1) is 9.40 Å². The highest BCUT2D eigenvalue weighted by molar-refractivity contribution is 7.14. The van der Waals surface area contributed by atoms with Gasteiger partial charge in [0.2, 0.25) is 0 Å². The number of anilines is 2. The normalized spacial score (nSPS) is 11.7. The van der Waals surface area contributed by atoms with Crippen LogP contribution in [0.2, 0.25) is 0 Å². The fourth-order valence-corrected chi connectivity index (χ4v) is 4.56. The fourth-order valence-electron chi connectivity index (χ4n) is 3.13. The zero-order chi connectivity index (χ0) is 26.8. The van der Waals surface area contributed by atoms with E-state index in [1.807, 2.05) is 25.1 Å². The molecule has 192 valence electrons. The molecule has 2 amide bonds. The van der Waals surface area contributed by atoms with Gasteiger partial charge >= 0.3 is 12.2 Å². The summed E-state index contributed by atoms with van der Waals surface area (Å²) in [7, 11) is 0. The summed E-state index contributed by atoms with van der Waals surface area (Å²) in [6.07, 6.45) is -1.62. The number of nitrogens with two attached hydrogens (primary N) is 1. The third-order valence-corrected chi connectivity index (χ3v) is 6.28. The summed E-state index contributed by atoms with van der Waals surface area (Å²) in [5.41, 5.74) is 6.37. The molecule has 36 heavy (non-hydrogen) atoms. The molecule has 0 fully saturated rings. The number of aromatic nitrogens is 2. The first-order chi connectivity index (χ1) is 16.6. The van der Waals surface area contributed by atoms with Crippen LogP contribution in [-0.2, 0) is 9.47 Å². The number of carbonyl (C=O) groups is 2. The lowest BCUT2D eigenvalue weighted by Crippen LogP contribution is -2.44. The average Bonchev–Trinajstić information content (AvgIpc) is 3.29. The Morgan fingerprint density at radius 1 is 0.778 bits per heavy atom. The van der Waals surface area contributed by atoms with Crippen LogP contribution in [0.25, 0.3) is 20.2 Å². The first-order valence-electron chi connectivity index (χ1n) is 11.4. The van der Waals surface area contributed by atoms with Gasteiger partial charge in [0.15, 0.2) is 5.82 Å². The summed E-state index contributed by atoms with van der Waals surface area (Å²) in [6.45, 7) is 14.4. The van der Waals surface area contributed by atoms with Gasteiger partial charge in [0, 0.05) is 10.8 Å². The molecule has 2 N–H and O–H groups in total. The van der Waals surface area contributed by atoms with Gasteiger partial charge in [-0.3, -0.25) is 0 Å². The van der Waals surface area contributed by atoms with Crippen molar-refractivity contribution in [2.75, 3.05) is 10.6 Å². The van der Waals surface area contributed by atoms with Crippen molar-refractivity contribution in [2.45, 2.75) is 66.6 Å². The van der Waals surface area contributed by atoms with E-state index in [0.29, 0.717) is 11.2 Å². The number of rotatable bonds is 1. The van der Waals surface area contributed by atoms with E-state index in [4.69, 9.17) is 15.2 Å². The highest BCUT2D eigenvalue weighted by Crippen LogP contribution is 2.32. The van der Waals surface area contributed by atoms with E-state index in [2.05, 4.69) is 33.9 Å². The zero-order valence-corrected chi connectivity index (χ0v) is 23.5. The second-order valence-corrected chi connectivity index (χ2v) is 12.0. The predicted molar refractivity (Wildman–Crippen MR) is 148 cm³/mol. The molecule has 0 saturated heterocycles. The smallest absolute Gasteiger partial charge is 0.425 e. The number of carbonyl (C=O) groups excluding carboxylic acids is 2. The molecule has 2 aromatic heterocycles. The molecule has 0 spiro atoms. The number of hydrogen-bond donors (Lipinski definition) is 1. The highest BCUT2D eigenvalue weighted by Gasteiger charge is 2.35. The van der Waals surface area contributed by atoms with Gasteiger partial charge in [-0.05, 0) is 103 Å². The summed E-state index contributed by atoms with van der Waals surface area (Å²) in [6, 6.07) is 11.9. The van der Waals surface area contributed by atoms with Gasteiger partial charge in [-0.2, -0.15) is 13.6 Å². The van der Waals surface area contributed by atoms with Crippen LogP contribution in [0, 0.1) is 13.8 Å². The summed E-state index contributed by atoms with van der Waals surface area (Å²) in [4.78, 5) is 26.2. The van der Waals surface area contributed by atoms with Crippen molar-refractivity contribution < 1.29 is 19.1 Å². The van der Waals surface area contributed by atoms with Gasteiger partial charge < -0.3 is 15.2 Å². The van der Waals surface area contributed by atoms with Gasteiger partial charge in [0.25, 0.3) is 0 Å². The van der Waals surface area contributed by atoms with Gasteiger partial charge in [0.1, 0.15) is 17.0 Å². The van der Waals surface area contributed by atoms with Crippen LogP contribution in [0.5, 0.6) is 0 Å². The summed E-state index contributed by atoms with van der Waals surface area (Å²) < 4.78 is 21.2. The van der Waals surface area contributed by atoms with E-state index in [9.17, 15) is 9.59 Å². The topological polar surface area (TPSA) is 108 Å². The van der Waals surface area contributed by atoms with Crippen LogP contribution in [0.3, 0.4) is 0 Å². The number of fused-ring (bicyclic) bond motifs is 2. The number of amides is 2. The fraction of sp³-hybridized carbons (Fsp3) is 0.385. The van der Waals surface area contributed by atoms with Crippen molar-refractivity contribution in [1.82, 2.24) is 8.75 Å². The average molecular weight is 529 g/mol. The van der Waals surface area contributed by atoms with Crippen LogP contribution in [0.15, 0.2) is 36.4 Å². The van der Waals surface area contributed by atoms with Crippen molar-refractivity contribution in [3.05, 3.63) is 47.5 Å². The quantitative estimate of drug-likeness (QED) is 0.273. The molecule has 0 saturated carbocycles. The maximum absolute atomic E-state index is 12.7.